The van der Waals surface area contributed by atoms with Crippen LogP contribution in [0.5, 0.6) is 0 Å². The molecule has 0 saturated heterocycles. The van der Waals surface area contributed by atoms with Gasteiger partial charge in [0.05, 0.1) is 23.8 Å². The van der Waals surface area contributed by atoms with Crippen LogP contribution in [0.3, 0.4) is 0 Å². The minimum Gasteiger partial charge on any atom is -0.340 e. The third-order valence-electron chi connectivity index (χ3n) is 5.24. The van der Waals surface area contributed by atoms with Crippen LogP contribution in [-0.2, 0) is 24.8 Å². The molecule has 0 aromatic carbocycles. The van der Waals surface area contributed by atoms with Crippen LogP contribution >= 0.6 is 0 Å². The fourth-order valence-corrected chi connectivity index (χ4v) is 3.66. The van der Waals surface area contributed by atoms with Crippen LogP contribution in [-0.4, -0.2) is 43.2 Å². The fourth-order valence-electron chi connectivity index (χ4n) is 3.66. The van der Waals surface area contributed by atoms with Crippen molar-refractivity contribution in [2.75, 3.05) is 13.1 Å². The summed E-state index contributed by atoms with van der Waals surface area (Å²) in [5.74, 6) is 2.23. The highest BCUT2D eigenvalue weighted by Gasteiger charge is 2.41. The van der Waals surface area contributed by atoms with Gasteiger partial charge < -0.3 is 9.47 Å². The van der Waals surface area contributed by atoms with Gasteiger partial charge >= 0.3 is 0 Å². The van der Waals surface area contributed by atoms with Crippen LogP contribution in [0, 0.1) is 18.8 Å². The van der Waals surface area contributed by atoms with Gasteiger partial charge in [-0.2, -0.15) is 5.10 Å². The van der Waals surface area contributed by atoms with Crippen molar-refractivity contribution in [1.82, 2.24) is 24.2 Å². The lowest BCUT2D eigenvalue weighted by Gasteiger charge is -2.20. The molecule has 1 fully saturated rings. The lowest BCUT2D eigenvalue weighted by atomic mass is 10.2. The molecule has 2 atom stereocenters. The molecule has 0 spiro atoms. The van der Waals surface area contributed by atoms with Gasteiger partial charge in [0.25, 0.3) is 0 Å². The van der Waals surface area contributed by atoms with Crippen molar-refractivity contribution < 1.29 is 4.79 Å². The highest BCUT2D eigenvalue weighted by Crippen LogP contribution is 2.39. The summed E-state index contributed by atoms with van der Waals surface area (Å²) in [5, 5.41) is 4.34. The second kappa shape index (κ2) is 5.22. The van der Waals surface area contributed by atoms with Crippen LogP contribution in [0.15, 0.2) is 12.4 Å². The van der Waals surface area contributed by atoms with Gasteiger partial charge in [0.15, 0.2) is 0 Å². The van der Waals surface area contributed by atoms with E-state index in [1.807, 2.05) is 29.0 Å². The van der Waals surface area contributed by atoms with Gasteiger partial charge in [0, 0.05) is 39.0 Å². The Balaban J connectivity index is 1.59. The number of amides is 1. The first-order valence-corrected chi connectivity index (χ1v) is 8.38. The minimum absolute atomic E-state index is 0.263. The van der Waals surface area contributed by atoms with E-state index >= 15 is 0 Å². The summed E-state index contributed by atoms with van der Waals surface area (Å²) in [7, 11) is 1.96. The van der Waals surface area contributed by atoms with E-state index in [1.54, 1.807) is 0 Å². The maximum Gasteiger partial charge on any atom is 0.226 e. The molecule has 6 heteroatoms. The zero-order valence-electron chi connectivity index (χ0n) is 14.0. The molecule has 23 heavy (non-hydrogen) atoms. The molecule has 3 heterocycles. The third-order valence-corrected chi connectivity index (χ3v) is 5.24. The van der Waals surface area contributed by atoms with Crippen molar-refractivity contribution in [3.05, 3.63) is 23.8 Å². The SMILES string of the molecule is Cc1cnn(C)c1-c1cnc2n1CCN(C(=O)[C@H]1C[C@@H]1C)CC2. The van der Waals surface area contributed by atoms with E-state index in [0.717, 1.165) is 55.3 Å². The largest absolute Gasteiger partial charge is 0.340 e. The number of hydrogen-bond donors (Lipinski definition) is 0. The van der Waals surface area contributed by atoms with Gasteiger partial charge in [-0.1, -0.05) is 6.92 Å². The van der Waals surface area contributed by atoms with E-state index in [2.05, 4.69) is 28.5 Å². The van der Waals surface area contributed by atoms with Crippen molar-refractivity contribution in [3.63, 3.8) is 0 Å². The normalized spacial score (nSPS) is 23.5. The Labute approximate surface area is 136 Å². The van der Waals surface area contributed by atoms with Gasteiger partial charge in [-0.05, 0) is 24.8 Å². The Morgan fingerprint density at radius 1 is 1.26 bits per heavy atom. The van der Waals surface area contributed by atoms with Crippen LogP contribution in [0.1, 0.15) is 24.7 Å². The molecule has 1 amide bonds. The fraction of sp³-hybridized carbons (Fsp3) is 0.588. The number of aryl methyl sites for hydroxylation is 2. The van der Waals surface area contributed by atoms with Crippen molar-refractivity contribution in [2.45, 2.75) is 33.2 Å². The van der Waals surface area contributed by atoms with E-state index < -0.39 is 0 Å². The molecule has 0 N–H and O–H groups in total. The molecule has 6 nitrogen and oxygen atoms in total. The predicted molar refractivity (Wildman–Crippen MR) is 86.7 cm³/mol. The van der Waals surface area contributed by atoms with Crippen molar-refractivity contribution in [2.24, 2.45) is 18.9 Å². The Bertz CT molecular complexity index is 740. The molecular formula is C17H23N5O. The predicted octanol–water partition coefficient (Wildman–Crippen LogP) is 1.63. The van der Waals surface area contributed by atoms with Gasteiger partial charge in [-0.25, -0.2) is 4.98 Å². The quantitative estimate of drug-likeness (QED) is 0.847. The first kappa shape index (κ1) is 14.5. The molecule has 0 bridgehead atoms. The summed E-state index contributed by atoms with van der Waals surface area (Å²) >= 11 is 0. The molecule has 4 rings (SSSR count). The number of rotatable bonds is 2. The molecule has 1 aliphatic carbocycles. The van der Waals surface area contributed by atoms with E-state index in [1.165, 1.54) is 0 Å². The molecule has 2 aromatic heterocycles. The maximum absolute atomic E-state index is 12.5. The first-order valence-electron chi connectivity index (χ1n) is 8.38. The molecule has 2 aromatic rings. The average Bonchev–Trinajstić information content (AvgIpc) is 3.09. The van der Waals surface area contributed by atoms with E-state index in [-0.39, 0.29) is 5.92 Å². The Morgan fingerprint density at radius 3 is 2.70 bits per heavy atom. The number of carbonyl (C=O) groups is 1. The van der Waals surface area contributed by atoms with Gasteiger partial charge in [0.2, 0.25) is 5.91 Å². The molecule has 0 radical (unpaired) electrons. The highest BCUT2D eigenvalue weighted by atomic mass is 16.2. The Hall–Kier alpha value is -2.11. The minimum atomic E-state index is 0.263. The highest BCUT2D eigenvalue weighted by molar-refractivity contribution is 5.81. The number of nitrogens with zero attached hydrogens (tertiary/aromatic N) is 5. The topological polar surface area (TPSA) is 56.0 Å². The first-order chi connectivity index (χ1) is 11.1. The van der Waals surface area contributed by atoms with Gasteiger partial charge in [-0.3, -0.25) is 9.48 Å². The second-order valence-corrected chi connectivity index (χ2v) is 6.91. The molecule has 2 aliphatic rings. The Kier molecular flexibility index (Phi) is 3.28. The lowest BCUT2D eigenvalue weighted by Crippen LogP contribution is -2.35. The van der Waals surface area contributed by atoms with Gasteiger partial charge in [-0.15, -0.1) is 0 Å². The summed E-state index contributed by atoms with van der Waals surface area (Å²) in [5.41, 5.74) is 3.37. The van der Waals surface area contributed by atoms with Crippen LogP contribution in [0.2, 0.25) is 0 Å². The number of hydrogen-bond acceptors (Lipinski definition) is 3. The van der Waals surface area contributed by atoms with E-state index in [4.69, 9.17) is 0 Å². The summed E-state index contributed by atoms with van der Waals surface area (Å²) in [6.45, 7) is 6.60. The zero-order chi connectivity index (χ0) is 16.1. The number of fused-ring (bicyclic) bond motifs is 1. The lowest BCUT2D eigenvalue weighted by molar-refractivity contribution is -0.132. The van der Waals surface area contributed by atoms with Gasteiger partial charge in [0.1, 0.15) is 5.82 Å². The number of imidazole rings is 1. The summed E-state index contributed by atoms with van der Waals surface area (Å²) in [6.07, 6.45) is 5.71. The second-order valence-electron chi connectivity index (χ2n) is 6.91. The van der Waals surface area contributed by atoms with Crippen molar-refractivity contribution in [1.29, 1.82) is 0 Å². The maximum atomic E-state index is 12.5. The molecule has 0 unspecified atom stereocenters. The van der Waals surface area contributed by atoms with Crippen LogP contribution in [0.25, 0.3) is 11.4 Å². The number of carbonyl (C=O) groups excluding carboxylic acids is 1. The van der Waals surface area contributed by atoms with Crippen molar-refractivity contribution in [3.8, 4) is 11.4 Å². The molecular weight excluding hydrogens is 290 g/mol. The van der Waals surface area contributed by atoms with Crippen molar-refractivity contribution >= 4 is 5.91 Å². The summed E-state index contributed by atoms with van der Waals surface area (Å²) < 4.78 is 4.16. The standard InChI is InChI=1S/C17H23N5O/c1-11-8-13(11)17(23)21-5-4-15-18-10-14(22(15)7-6-21)16-12(2)9-19-20(16)3/h9-11,13H,4-8H2,1-3H3/t11-,13-/m0/s1. The van der Waals surface area contributed by atoms with E-state index in [9.17, 15) is 4.79 Å². The van der Waals surface area contributed by atoms with Crippen LogP contribution in [0.4, 0.5) is 0 Å². The van der Waals surface area contributed by atoms with E-state index in [0.29, 0.717) is 11.8 Å². The third kappa shape index (κ3) is 2.36. The Morgan fingerprint density at radius 2 is 2.04 bits per heavy atom. The average molecular weight is 313 g/mol. The van der Waals surface area contributed by atoms with Crippen LogP contribution < -0.4 is 0 Å². The summed E-state index contributed by atoms with van der Waals surface area (Å²) in [4.78, 5) is 19.1. The number of aromatic nitrogens is 4. The monoisotopic (exact) mass is 313 g/mol. The smallest absolute Gasteiger partial charge is 0.226 e. The zero-order valence-corrected chi connectivity index (χ0v) is 14.0. The molecule has 1 saturated carbocycles. The molecule has 122 valence electrons. The summed E-state index contributed by atoms with van der Waals surface area (Å²) in [6, 6.07) is 0. The molecule has 1 aliphatic heterocycles.